The second-order valence-electron chi connectivity index (χ2n) is 10.00. The molecule has 0 bridgehead atoms. The number of methoxy groups -OCH3 is 3. The molecule has 0 saturated carbocycles. The summed E-state index contributed by atoms with van der Waals surface area (Å²) in [5.41, 5.74) is -0.806. The van der Waals surface area contributed by atoms with E-state index in [-0.39, 0.29) is 47.2 Å². The first-order chi connectivity index (χ1) is 20.5. The third-order valence-electron chi connectivity index (χ3n) is 7.08. The zero-order valence-electron chi connectivity index (χ0n) is 24.3. The van der Waals surface area contributed by atoms with Crippen molar-refractivity contribution < 1.29 is 37.2 Å². The first kappa shape index (κ1) is 31.3. The highest BCUT2D eigenvalue weighted by Crippen LogP contribution is 2.49. The highest BCUT2D eigenvalue weighted by atomic mass is 19.3. The number of halogens is 3. The van der Waals surface area contributed by atoms with Gasteiger partial charge in [-0.25, -0.2) is 9.37 Å². The van der Waals surface area contributed by atoms with Crippen LogP contribution >= 0.6 is 0 Å². The molecule has 0 aliphatic carbocycles. The SMILES string of the molecule is COc1cc([C@](O)(CCN(C)C)[C@@H](c2cc3cc(C#N)ccc3nc2OC)c2cccc(OC)c2F)cc(OC(F)F)n1. The molecule has 1 N–H and O–H groups in total. The van der Waals surface area contributed by atoms with Gasteiger partial charge < -0.3 is 29.0 Å². The van der Waals surface area contributed by atoms with Gasteiger partial charge in [-0.2, -0.15) is 19.0 Å². The van der Waals surface area contributed by atoms with Gasteiger partial charge in [-0.3, -0.25) is 0 Å². The Morgan fingerprint density at radius 1 is 0.953 bits per heavy atom. The van der Waals surface area contributed by atoms with Gasteiger partial charge in [-0.1, -0.05) is 12.1 Å². The third-order valence-corrected chi connectivity index (χ3v) is 7.08. The monoisotopic (exact) mass is 596 g/mol. The van der Waals surface area contributed by atoms with Crippen LogP contribution in [0.1, 0.15) is 34.6 Å². The zero-order chi connectivity index (χ0) is 31.3. The minimum Gasteiger partial charge on any atom is -0.494 e. The molecule has 0 radical (unpaired) electrons. The van der Waals surface area contributed by atoms with Gasteiger partial charge in [-0.15, -0.1) is 0 Å². The molecule has 0 aliphatic rings. The molecular formula is C31H31F3N4O5. The van der Waals surface area contributed by atoms with Crippen LogP contribution in [0.25, 0.3) is 10.9 Å². The van der Waals surface area contributed by atoms with Crippen molar-refractivity contribution in [3.05, 3.63) is 82.7 Å². The number of ether oxygens (including phenoxy) is 4. The van der Waals surface area contributed by atoms with E-state index in [1.807, 2.05) is 4.90 Å². The van der Waals surface area contributed by atoms with Gasteiger partial charge >= 0.3 is 6.61 Å². The topological polar surface area (TPSA) is 110 Å². The molecule has 0 fully saturated rings. The third kappa shape index (κ3) is 6.58. The molecule has 0 aliphatic heterocycles. The number of hydrogen-bond acceptors (Lipinski definition) is 9. The molecule has 0 amide bonds. The number of fused-ring (bicyclic) bond motifs is 1. The van der Waals surface area contributed by atoms with Gasteiger partial charge in [0.05, 0.1) is 44.4 Å². The first-order valence-corrected chi connectivity index (χ1v) is 13.1. The quantitative estimate of drug-likeness (QED) is 0.235. The van der Waals surface area contributed by atoms with Gasteiger partial charge in [0.2, 0.25) is 17.6 Å². The van der Waals surface area contributed by atoms with E-state index in [1.54, 1.807) is 44.4 Å². The second-order valence-corrected chi connectivity index (χ2v) is 10.00. The number of alkyl halides is 2. The lowest BCUT2D eigenvalue weighted by molar-refractivity contribution is -0.0538. The van der Waals surface area contributed by atoms with E-state index in [1.165, 1.54) is 45.6 Å². The normalized spacial score (nSPS) is 13.4. The molecule has 2 aromatic carbocycles. The number of nitriles is 1. The van der Waals surface area contributed by atoms with Crippen LogP contribution in [0.15, 0.2) is 54.6 Å². The molecule has 0 spiro atoms. The van der Waals surface area contributed by atoms with Crippen molar-refractivity contribution in [2.24, 2.45) is 0 Å². The maximum absolute atomic E-state index is 16.2. The van der Waals surface area contributed by atoms with Crippen LogP contribution in [0.2, 0.25) is 0 Å². The molecule has 2 heterocycles. The molecule has 12 heteroatoms. The van der Waals surface area contributed by atoms with Crippen LogP contribution in [0.4, 0.5) is 13.2 Å². The fraction of sp³-hybridized carbons (Fsp3) is 0.323. The van der Waals surface area contributed by atoms with Crippen molar-refractivity contribution in [2.45, 2.75) is 24.6 Å². The number of rotatable bonds is 12. The molecule has 2 aromatic heterocycles. The average molecular weight is 597 g/mol. The second kappa shape index (κ2) is 13.1. The Labute approximate surface area is 247 Å². The number of pyridine rings is 2. The fourth-order valence-electron chi connectivity index (χ4n) is 5.04. The number of benzene rings is 2. The number of nitrogens with zero attached hydrogens (tertiary/aromatic N) is 4. The molecule has 4 aromatic rings. The summed E-state index contributed by atoms with van der Waals surface area (Å²) >= 11 is 0. The minimum absolute atomic E-state index is 0.0172. The molecule has 4 rings (SSSR count). The van der Waals surface area contributed by atoms with Gasteiger partial charge in [0.15, 0.2) is 11.6 Å². The van der Waals surface area contributed by atoms with Crippen molar-refractivity contribution in [2.75, 3.05) is 42.0 Å². The average Bonchev–Trinajstić information content (AvgIpc) is 2.99. The van der Waals surface area contributed by atoms with Crippen LogP contribution < -0.4 is 18.9 Å². The Morgan fingerprint density at radius 3 is 2.33 bits per heavy atom. The van der Waals surface area contributed by atoms with Crippen LogP contribution in [0.3, 0.4) is 0 Å². The molecular weight excluding hydrogens is 565 g/mol. The summed E-state index contributed by atoms with van der Waals surface area (Å²) in [5.74, 6) is -2.62. The van der Waals surface area contributed by atoms with Crippen LogP contribution in [0, 0.1) is 17.1 Å². The lowest BCUT2D eigenvalue weighted by Gasteiger charge is -2.39. The molecule has 0 saturated heterocycles. The van der Waals surface area contributed by atoms with Crippen molar-refractivity contribution in [3.63, 3.8) is 0 Å². The van der Waals surface area contributed by atoms with Crippen LogP contribution in [-0.2, 0) is 5.60 Å². The van der Waals surface area contributed by atoms with Gasteiger partial charge in [-0.05, 0) is 56.4 Å². The van der Waals surface area contributed by atoms with Crippen molar-refractivity contribution in [1.29, 1.82) is 5.26 Å². The predicted octanol–water partition coefficient (Wildman–Crippen LogP) is 5.24. The largest absolute Gasteiger partial charge is 0.494 e. The van der Waals surface area contributed by atoms with Crippen molar-refractivity contribution >= 4 is 10.9 Å². The number of hydrogen-bond donors (Lipinski definition) is 1. The number of aromatic nitrogens is 2. The summed E-state index contributed by atoms with van der Waals surface area (Å²) in [5, 5.41) is 22.9. The first-order valence-electron chi connectivity index (χ1n) is 13.1. The summed E-state index contributed by atoms with van der Waals surface area (Å²) < 4.78 is 63.6. The van der Waals surface area contributed by atoms with Crippen LogP contribution in [-0.4, -0.2) is 68.6 Å². The Bertz CT molecular complexity index is 1650. The Balaban J connectivity index is 2.13. The molecule has 226 valence electrons. The Kier molecular flexibility index (Phi) is 9.58. The number of aliphatic hydroxyl groups is 1. The summed E-state index contributed by atoms with van der Waals surface area (Å²) in [6.45, 7) is -2.91. The molecule has 43 heavy (non-hydrogen) atoms. The van der Waals surface area contributed by atoms with Gasteiger partial charge in [0.1, 0.15) is 5.60 Å². The zero-order valence-corrected chi connectivity index (χ0v) is 24.3. The summed E-state index contributed by atoms with van der Waals surface area (Å²) in [6, 6.07) is 15.7. The van der Waals surface area contributed by atoms with E-state index in [4.69, 9.17) is 14.2 Å². The molecule has 0 unspecified atom stereocenters. The lowest BCUT2D eigenvalue weighted by atomic mass is 9.71. The van der Waals surface area contributed by atoms with E-state index >= 15 is 4.39 Å². The van der Waals surface area contributed by atoms with E-state index in [0.29, 0.717) is 16.5 Å². The highest BCUT2D eigenvalue weighted by Gasteiger charge is 2.45. The van der Waals surface area contributed by atoms with Gasteiger partial charge in [0.25, 0.3) is 0 Å². The minimum atomic E-state index is -3.20. The van der Waals surface area contributed by atoms with E-state index in [9.17, 15) is 19.1 Å². The predicted molar refractivity (Wildman–Crippen MR) is 152 cm³/mol. The van der Waals surface area contributed by atoms with E-state index in [2.05, 4.69) is 20.8 Å². The van der Waals surface area contributed by atoms with E-state index in [0.717, 1.165) is 0 Å². The van der Waals surface area contributed by atoms with Crippen molar-refractivity contribution in [3.8, 4) is 29.5 Å². The summed E-state index contributed by atoms with van der Waals surface area (Å²) in [4.78, 5) is 10.4. The standard InChI is InChI=1S/C31H31F3N4O5/c1-38(2)12-11-31(39,20-15-25(41-4)37-26(16-20)43-30(33)34)27(21-7-6-8-24(40-3)28(21)32)22-14-19-13-18(17-35)9-10-23(19)36-29(22)42-5/h6-10,13-16,27,30,39H,11-12H2,1-5H3/t27-,31-/m1/s1. The maximum Gasteiger partial charge on any atom is 0.388 e. The Hall–Kier alpha value is -4.60. The Morgan fingerprint density at radius 2 is 1.70 bits per heavy atom. The van der Waals surface area contributed by atoms with E-state index < -0.39 is 29.8 Å². The lowest BCUT2D eigenvalue weighted by Crippen LogP contribution is -2.38. The molecule has 2 atom stereocenters. The summed E-state index contributed by atoms with van der Waals surface area (Å²) in [6.07, 6.45) is -0.0258. The smallest absolute Gasteiger partial charge is 0.388 e. The highest BCUT2D eigenvalue weighted by molar-refractivity contribution is 5.82. The van der Waals surface area contributed by atoms with Crippen LogP contribution in [0.5, 0.6) is 23.4 Å². The fourth-order valence-corrected chi connectivity index (χ4v) is 5.04. The molecule has 9 nitrogen and oxygen atoms in total. The van der Waals surface area contributed by atoms with Gasteiger partial charge in [0, 0.05) is 35.2 Å². The summed E-state index contributed by atoms with van der Waals surface area (Å²) in [7, 11) is 7.59. The van der Waals surface area contributed by atoms with Crippen molar-refractivity contribution in [1.82, 2.24) is 14.9 Å². The maximum atomic E-state index is 16.2.